The van der Waals surface area contributed by atoms with Crippen molar-refractivity contribution >= 4 is 19.7 Å². The molecule has 0 fully saturated rings. The second-order valence-corrected chi connectivity index (χ2v) is 5.73. The third-order valence-corrected chi connectivity index (χ3v) is 2.74. The first kappa shape index (κ1) is 11.1. The fourth-order valence-corrected chi connectivity index (χ4v) is 2.10. The molecular weight excluding hydrogens is 228 g/mol. The molecule has 2 N–H and O–H groups in total. The van der Waals surface area contributed by atoms with Gasteiger partial charge in [-0.3, -0.25) is 0 Å². The van der Waals surface area contributed by atoms with E-state index in [1.807, 2.05) is 0 Å². The van der Waals surface area contributed by atoms with Crippen LogP contribution in [0.5, 0.6) is 11.5 Å². The number of aryl methyl sites for hydroxylation is 1. The molecule has 0 aromatic heterocycles. The van der Waals surface area contributed by atoms with Crippen molar-refractivity contribution in [2.75, 3.05) is 0 Å². The highest BCUT2D eigenvalue weighted by Crippen LogP contribution is 2.29. The first-order valence-corrected chi connectivity index (χ1v) is 6.21. The number of phenolic OH excluding ortho intramolecular Hbond substituents is 2. The number of halogens is 1. The minimum Gasteiger partial charge on any atom is -0.504 e. The average molecular weight is 237 g/mol. The van der Waals surface area contributed by atoms with Crippen LogP contribution < -0.4 is 0 Å². The number of hydrogen-bond acceptors (Lipinski definition) is 4. The number of rotatable bonds is 2. The van der Waals surface area contributed by atoms with Crippen molar-refractivity contribution in [3.63, 3.8) is 0 Å². The molecule has 14 heavy (non-hydrogen) atoms. The second kappa shape index (κ2) is 3.67. The molecule has 0 amide bonds. The van der Waals surface area contributed by atoms with Gasteiger partial charge in [-0.25, -0.2) is 8.42 Å². The Bertz CT molecular complexity index is 453. The second-order valence-electron chi connectivity index (χ2n) is 2.95. The molecule has 0 aliphatic heterocycles. The summed E-state index contributed by atoms with van der Waals surface area (Å²) >= 11 is 0. The fraction of sp³-hybridized carbons (Fsp3) is 0.250. The quantitative estimate of drug-likeness (QED) is 0.603. The largest absolute Gasteiger partial charge is 0.504 e. The molecule has 0 unspecified atom stereocenters. The van der Waals surface area contributed by atoms with Crippen molar-refractivity contribution < 1.29 is 18.6 Å². The summed E-state index contributed by atoms with van der Waals surface area (Å²) < 4.78 is 21.5. The maximum absolute atomic E-state index is 10.8. The standard InChI is InChI=1S/C8H9ClO4S/c1-5-2-7(10)8(11)3-6(5)4-14(9,12)13/h2-3,10-11H,4H2,1H3. The Morgan fingerprint density at radius 3 is 2.29 bits per heavy atom. The summed E-state index contributed by atoms with van der Waals surface area (Å²) in [5, 5.41) is 18.2. The van der Waals surface area contributed by atoms with Crippen molar-refractivity contribution in [1.82, 2.24) is 0 Å². The highest BCUT2D eigenvalue weighted by Gasteiger charge is 2.12. The van der Waals surface area contributed by atoms with Gasteiger partial charge in [0.2, 0.25) is 9.05 Å². The molecule has 0 atom stereocenters. The van der Waals surface area contributed by atoms with E-state index in [2.05, 4.69) is 0 Å². The monoisotopic (exact) mass is 236 g/mol. The van der Waals surface area contributed by atoms with E-state index in [-0.39, 0.29) is 17.3 Å². The summed E-state index contributed by atoms with van der Waals surface area (Å²) in [5.74, 6) is -1.00. The molecule has 78 valence electrons. The van der Waals surface area contributed by atoms with Gasteiger partial charge < -0.3 is 10.2 Å². The summed E-state index contributed by atoms with van der Waals surface area (Å²) in [5.41, 5.74) is 0.930. The van der Waals surface area contributed by atoms with E-state index >= 15 is 0 Å². The summed E-state index contributed by atoms with van der Waals surface area (Å²) in [4.78, 5) is 0. The van der Waals surface area contributed by atoms with E-state index in [0.29, 0.717) is 11.1 Å². The molecule has 1 rings (SSSR count). The molecule has 4 nitrogen and oxygen atoms in total. The van der Waals surface area contributed by atoms with E-state index in [1.165, 1.54) is 12.1 Å². The van der Waals surface area contributed by atoms with Gasteiger partial charge in [-0.1, -0.05) is 0 Å². The predicted molar refractivity (Wildman–Crippen MR) is 53.0 cm³/mol. The van der Waals surface area contributed by atoms with Gasteiger partial charge in [0.1, 0.15) is 0 Å². The third kappa shape index (κ3) is 2.78. The van der Waals surface area contributed by atoms with Crippen molar-refractivity contribution in [1.29, 1.82) is 0 Å². The first-order valence-electron chi connectivity index (χ1n) is 3.73. The van der Waals surface area contributed by atoms with Crippen LogP contribution in [-0.4, -0.2) is 18.6 Å². The van der Waals surface area contributed by atoms with Gasteiger partial charge in [-0.15, -0.1) is 0 Å². The van der Waals surface area contributed by atoms with Crippen LogP contribution in [0.15, 0.2) is 12.1 Å². The minimum atomic E-state index is -3.65. The predicted octanol–water partition coefficient (Wildman–Crippen LogP) is 1.47. The molecule has 0 radical (unpaired) electrons. The molecule has 0 heterocycles. The van der Waals surface area contributed by atoms with Crippen LogP contribution in [0.4, 0.5) is 0 Å². The number of benzene rings is 1. The Hall–Kier alpha value is -0.940. The van der Waals surface area contributed by atoms with Crippen LogP contribution in [0.25, 0.3) is 0 Å². The molecule has 0 saturated heterocycles. The minimum absolute atomic E-state index is 0.279. The highest BCUT2D eigenvalue weighted by molar-refractivity contribution is 8.13. The summed E-state index contributed by atoms with van der Waals surface area (Å²) in [6.45, 7) is 1.62. The Morgan fingerprint density at radius 2 is 1.79 bits per heavy atom. The first-order chi connectivity index (χ1) is 6.29. The smallest absolute Gasteiger partial charge is 0.236 e. The molecule has 1 aromatic rings. The lowest BCUT2D eigenvalue weighted by molar-refractivity contribution is 0.403. The van der Waals surface area contributed by atoms with E-state index < -0.39 is 9.05 Å². The van der Waals surface area contributed by atoms with Gasteiger partial charge in [-0.2, -0.15) is 0 Å². The number of hydrogen-bond donors (Lipinski definition) is 2. The van der Waals surface area contributed by atoms with Gasteiger partial charge in [0.25, 0.3) is 0 Å². The van der Waals surface area contributed by atoms with Gasteiger partial charge in [0.05, 0.1) is 5.75 Å². The molecule has 0 spiro atoms. The van der Waals surface area contributed by atoms with E-state index in [1.54, 1.807) is 6.92 Å². The average Bonchev–Trinajstić information content (AvgIpc) is 1.97. The third-order valence-electron chi connectivity index (χ3n) is 1.76. The van der Waals surface area contributed by atoms with Crippen molar-refractivity contribution in [2.45, 2.75) is 12.7 Å². The van der Waals surface area contributed by atoms with Crippen LogP contribution in [0.3, 0.4) is 0 Å². The highest BCUT2D eigenvalue weighted by atomic mass is 35.7. The zero-order chi connectivity index (χ0) is 10.9. The van der Waals surface area contributed by atoms with Crippen LogP contribution in [0, 0.1) is 6.92 Å². The molecule has 0 aliphatic rings. The van der Waals surface area contributed by atoms with Gasteiger partial charge in [-0.05, 0) is 30.2 Å². The van der Waals surface area contributed by atoms with Crippen LogP contribution in [0.2, 0.25) is 0 Å². The number of aromatic hydroxyl groups is 2. The van der Waals surface area contributed by atoms with Crippen molar-refractivity contribution in [3.05, 3.63) is 23.3 Å². The van der Waals surface area contributed by atoms with Gasteiger partial charge in [0.15, 0.2) is 11.5 Å². The normalized spacial score (nSPS) is 11.6. The zero-order valence-electron chi connectivity index (χ0n) is 7.36. The van der Waals surface area contributed by atoms with Gasteiger partial charge in [0, 0.05) is 10.7 Å². The van der Waals surface area contributed by atoms with E-state index in [0.717, 1.165) is 0 Å². The Labute approximate surface area is 86.2 Å². The lowest BCUT2D eigenvalue weighted by Gasteiger charge is -2.05. The topological polar surface area (TPSA) is 74.6 Å². The van der Waals surface area contributed by atoms with Crippen LogP contribution in [-0.2, 0) is 14.8 Å². The zero-order valence-corrected chi connectivity index (χ0v) is 8.93. The SMILES string of the molecule is Cc1cc(O)c(O)cc1CS(=O)(=O)Cl. The summed E-state index contributed by atoms with van der Waals surface area (Å²) in [6, 6.07) is 2.47. The molecule has 1 aromatic carbocycles. The Morgan fingerprint density at radius 1 is 1.29 bits per heavy atom. The van der Waals surface area contributed by atoms with Crippen LogP contribution >= 0.6 is 10.7 Å². The van der Waals surface area contributed by atoms with Crippen molar-refractivity contribution in [2.24, 2.45) is 0 Å². The maximum Gasteiger partial charge on any atom is 0.236 e. The van der Waals surface area contributed by atoms with E-state index in [4.69, 9.17) is 20.9 Å². The molecule has 0 saturated carbocycles. The molecule has 0 aliphatic carbocycles. The Balaban J connectivity index is 3.17. The lowest BCUT2D eigenvalue weighted by Crippen LogP contribution is -1.97. The summed E-state index contributed by atoms with van der Waals surface area (Å²) in [7, 11) is 1.41. The summed E-state index contributed by atoms with van der Waals surface area (Å²) in [6.07, 6.45) is 0. The fourth-order valence-electron chi connectivity index (χ4n) is 1.07. The van der Waals surface area contributed by atoms with E-state index in [9.17, 15) is 8.42 Å². The van der Waals surface area contributed by atoms with Crippen LogP contribution in [0.1, 0.15) is 11.1 Å². The molecule has 0 bridgehead atoms. The maximum atomic E-state index is 10.8. The number of phenols is 2. The Kier molecular flexibility index (Phi) is 2.92. The molecule has 6 heteroatoms. The van der Waals surface area contributed by atoms with Crippen molar-refractivity contribution in [3.8, 4) is 11.5 Å². The molecular formula is C8H9ClO4S. The lowest BCUT2D eigenvalue weighted by atomic mass is 10.1. The van der Waals surface area contributed by atoms with Gasteiger partial charge >= 0.3 is 0 Å².